The summed E-state index contributed by atoms with van der Waals surface area (Å²) in [7, 11) is 1.81. The van der Waals surface area contributed by atoms with E-state index in [0.717, 1.165) is 24.2 Å². The van der Waals surface area contributed by atoms with Crippen molar-refractivity contribution < 1.29 is 13.9 Å². The lowest BCUT2D eigenvalue weighted by Gasteiger charge is -2.25. The lowest BCUT2D eigenvalue weighted by Crippen LogP contribution is -2.39. The zero-order valence-electron chi connectivity index (χ0n) is 16.0. The Morgan fingerprint density at radius 3 is 2.44 bits per heavy atom. The molecule has 144 valence electrons. The van der Waals surface area contributed by atoms with Crippen LogP contribution in [0.25, 0.3) is 0 Å². The van der Waals surface area contributed by atoms with Crippen LogP contribution in [0.1, 0.15) is 30.9 Å². The van der Waals surface area contributed by atoms with Crippen molar-refractivity contribution in [1.82, 2.24) is 9.80 Å². The number of carbonyl (C=O) groups excluding carboxylic acids is 1. The molecule has 0 unspecified atom stereocenters. The van der Waals surface area contributed by atoms with E-state index in [9.17, 15) is 9.18 Å². The SMILES string of the molecule is CCOc1ccc(CN(C)C(=O)CN(Cc2ccccc2F)C2CC2)cc1. The molecule has 1 amide bonds. The molecule has 0 bridgehead atoms. The van der Waals surface area contributed by atoms with Crippen molar-refractivity contribution in [1.29, 1.82) is 0 Å². The molecule has 3 rings (SSSR count). The predicted octanol–water partition coefficient (Wildman–Crippen LogP) is 3.85. The Labute approximate surface area is 160 Å². The van der Waals surface area contributed by atoms with Crippen LogP contribution < -0.4 is 4.74 Å². The van der Waals surface area contributed by atoms with Gasteiger partial charge in [0.15, 0.2) is 0 Å². The lowest BCUT2D eigenvalue weighted by molar-refractivity contribution is -0.132. The second-order valence-electron chi connectivity index (χ2n) is 7.05. The standard InChI is InChI=1S/C22H27FN2O2/c1-3-27-20-12-8-17(9-13-20)14-24(2)22(26)16-25(19-10-11-19)15-18-6-4-5-7-21(18)23/h4-9,12-13,19H,3,10-11,14-16H2,1-2H3. The summed E-state index contributed by atoms with van der Waals surface area (Å²) >= 11 is 0. The minimum absolute atomic E-state index is 0.0483. The summed E-state index contributed by atoms with van der Waals surface area (Å²) in [4.78, 5) is 16.5. The molecule has 1 aliphatic rings. The third-order valence-electron chi connectivity index (χ3n) is 4.81. The van der Waals surface area contributed by atoms with Gasteiger partial charge in [0.25, 0.3) is 0 Å². The van der Waals surface area contributed by atoms with Crippen molar-refractivity contribution in [3.05, 3.63) is 65.5 Å². The van der Waals surface area contributed by atoms with Crippen LogP contribution in [0.15, 0.2) is 48.5 Å². The summed E-state index contributed by atoms with van der Waals surface area (Å²) in [6, 6.07) is 15.0. The highest BCUT2D eigenvalue weighted by atomic mass is 19.1. The number of benzene rings is 2. The number of halogens is 1. The van der Waals surface area contributed by atoms with E-state index in [2.05, 4.69) is 4.90 Å². The third kappa shape index (κ3) is 5.54. The van der Waals surface area contributed by atoms with Crippen LogP contribution in [-0.4, -0.2) is 41.9 Å². The maximum atomic E-state index is 14.0. The van der Waals surface area contributed by atoms with E-state index in [1.807, 2.05) is 44.3 Å². The molecule has 0 saturated heterocycles. The van der Waals surface area contributed by atoms with Gasteiger partial charge in [0.1, 0.15) is 11.6 Å². The van der Waals surface area contributed by atoms with E-state index < -0.39 is 0 Å². The fourth-order valence-corrected chi connectivity index (χ4v) is 3.11. The second-order valence-corrected chi connectivity index (χ2v) is 7.05. The molecule has 5 heteroatoms. The lowest BCUT2D eigenvalue weighted by atomic mass is 10.2. The Balaban J connectivity index is 1.57. The van der Waals surface area contributed by atoms with Gasteiger partial charge in [0.05, 0.1) is 13.2 Å². The number of carbonyl (C=O) groups is 1. The van der Waals surface area contributed by atoms with Crippen LogP contribution in [0.2, 0.25) is 0 Å². The summed E-state index contributed by atoms with van der Waals surface area (Å²) in [6.07, 6.45) is 2.15. The second kappa shape index (κ2) is 9.00. The first-order valence-electron chi connectivity index (χ1n) is 9.50. The van der Waals surface area contributed by atoms with Crippen molar-refractivity contribution in [2.45, 2.75) is 38.9 Å². The van der Waals surface area contributed by atoms with E-state index in [1.54, 1.807) is 17.0 Å². The first-order chi connectivity index (χ1) is 13.1. The van der Waals surface area contributed by atoms with Crippen molar-refractivity contribution in [3.63, 3.8) is 0 Å². The molecular weight excluding hydrogens is 343 g/mol. The van der Waals surface area contributed by atoms with Crippen LogP contribution >= 0.6 is 0 Å². The first-order valence-corrected chi connectivity index (χ1v) is 9.50. The largest absolute Gasteiger partial charge is 0.494 e. The Hall–Kier alpha value is -2.40. The average Bonchev–Trinajstić information content (AvgIpc) is 3.50. The molecule has 0 aliphatic heterocycles. The maximum Gasteiger partial charge on any atom is 0.236 e. The summed E-state index contributed by atoms with van der Waals surface area (Å²) in [5, 5.41) is 0. The van der Waals surface area contributed by atoms with Gasteiger partial charge in [-0.25, -0.2) is 4.39 Å². The molecule has 1 saturated carbocycles. The molecule has 2 aromatic carbocycles. The minimum Gasteiger partial charge on any atom is -0.494 e. The predicted molar refractivity (Wildman–Crippen MR) is 104 cm³/mol. The number of hydrogen-bond acceptors (Lipinski definition) is 3. The summed E-state index contributed by atoms with van der Waals surface area (Å²) < 4.78 is 19.4. The van der Waals surface area contributed by atoms with E-state index in [0.29, 0.717) is 37.8 Å². The highest BCUT2D eigenvalue weighted by Gasteiger charge is 2.31. The van der Waals surface area contributed by atoms with Gasteiger partial charge in [0, 0.05) is 31.7 Å². The summed E-state index contributed by atoms with van der Waals surface area (Å²) in [5.74, 6) is 0.672. The summed E-state index contributed by atoms with van der Waals surface area (Å²) in [6.45, 7) is 3.92. The molecule has 0 heterocycles. The van der Waals surface area contributed by atoms with Gasteiger partial charge in [-0.15, -0.1) is 0 Å². The van der Waals surface area contributed by atoms with Gasteiger partial charge >= 0.3 is 0 Å². The summed E-state index contributed by atoms with van der Waals surface area (Å²) in [5.41, 5.74) is 1.70. The molecule has 1 fully saturated rings. The zero-order valence-corrected chi connectivity index (χ0v) is 16.0. The van der Waals surface area contributed by atoms with Gasteiger partial charge in [-0.3, -0.25) is 9.69 Å². The molecule has 0 radical (unpaired) electrons. The molecule has 4 nitrogen and oxygen atoms in total. The molecule has 27 heavy (non-hydrogen) atoms. The van der Waals surface area contributed by atoms with E-state index in [4.69, 9.17) is 4.74 Å². The molecular formula is C22H27FN2O2. The number of ether oxygens (including phenoxy) is 1. The van der Waals surface area contributed by atoms with Crippen LogP contribution in [0.5, 0.6) is 5.75 Å². The first kappa shape index (κ1) is 19.4. The van der Waals surface area contributed by atoms with Gasteiger partial charge in [0.2, 0.25) is 5.91 Å². The monoisotopic (exact) mass is 370 g/mol. The minimum atomic E-state index is -0.210. The number of rotatable bonds is 9. The van der Waals surface area contributed by atoms with Gasteiger partial charge in [-0.05, 0) is 43.5 Å². The third-order valence-corrected chi connectivity index (χ3v) is 4.81. The van der Waals surface area contributed by atoms with Crippen LogP contribution in [0.4, 0.5) is 4.39 Å². The van der Waals surface area contributed by atoms with Gasteiger partial charge in [-0.1, -0.05) is 30.3 Å². The van der Waals surface area contributed by atoms with Crippen molar-refractivity contribution in [3.8, 4) is 5.75 Å². The number of hydrogen-bond donors (Lipinski definition) is 0. The molecule has 0 N–H and O–H groups in total. The van der Waals surface area contributed by atoms with E-state index >= 15 is 0 Å². The fourth-order valence-electron chi connectivity index (χ4n) is 3.11. The van der Waals surface area contributed by atoms with E-state index in [1.165, 1.54) is 6.07 Å². The smallest absolute Gasteiger partial charge is 0.236 e. The maximum absolute atomic E-state index is 14.0. The Kier molecular flexibility index (Phi) is 6.45. The number of likely N-dealkylation sites (N-methyl/N-ethyl adjacent to an activating group) is 1. The zero-order chi connectivity index (χ0) is 19.2. The molecule has 0 aromatic heterocycles. The average molecular weight is 370 g/mol. The molecule has 0 atom stereocenters. The van der Waals surface area contributed by atoms with Gasteiger partial charge in [-0.2, -0.15) is 0 Å². The quantitative estimate of drug-likeness (QED) is 0.672. The molecule has 2 aromatic rings. The van der Waals surface area contributed by atoms with Crippen molar-refractivity contribution in [2.24, 2.45) is 0 Å². The van der Waals surface area contributed by atoms with Crippen LogP contribution in [0, 0.1) is 5.82 Å². The van der Waals surface area contributed by atoms with Gasteiger partial charge < -0.3 is 9.64 Å². The number of nitrogens with zero attached hydrogens (tertiary/aromatic N) is 2. The highest BCUT2D eigenvalue weighted by molar-refractivity contribution is 5.78. The molecule has 0 spiro atoms. The number of amides is 1. The normalized spacial score (nSPS) is 13.6. The van der Waals surface area contributed by atoms with Crippen LogP contribution in [0.3, 0.4) is 0 Å². The van der Waals surface area contributed by atoms with Crippen molar-refractivity contribution in [2.75, 3.05) is 20.2 Å². The fraction of sp³-hybridized carbons (Fsp3) is 0.409. The van der Waals surface area contributed by atoms with E-state index in [-0.39, 0.29) is 11.7 Å². The topological polar surface area (TPSA) is 32.8 Å². The Morgan fingerprint density at radius 1 is 1.11 bits per heavy atom. The Morgan fingerprint density at radius 2 is 1.81 bits per heavy atom. The van der Waals surface area contributed by atoms with Crippen LogP contribution in [-0.2, 0) is 17.9 Å². The molecule has 1 aliphatic carbocycles. The Bertz CT molecular complexity index is 759. The highest BCUT2D eigenvalue weighted by Crippen LogP contribution is 2.28. The van der Waals surface area contributed by atoms with Crippen molar-refractivity contribution >= 4 is 5.91 Å².